The molecule has 1 N–H and O–H groups in total. The Labute approximate surface area is 112 Å². The van der Waals surface area contributed by atoms with Gasteiger partial charge in [-0.25, -0.2) is 4.98 Å². The third-order valence-electron chi connectivity index (χ3n) is 2.83. The number of aryl methyl sites for hydroxylation is 1. The summed E-state index contributed by atoms with van der Waals surface area (Å²) in [6, 6.07) is 8.46. The van der Waals surface area contributed by atoms with Crippen molar-refractivity contribution in [1.82, 2.24) is 10.2 Å². The number of carbonyl (C=O) groups is 1. The van der Waals surface area contributed by atoms with Crippen molar-refractivity contribution >= 4 is 24.9 Å². The van der Waals surface area contributed by atoms with Crippen LogP contribution in [0.1, 0.15) is 24.2 Å². The molecule has 0 saturated heterocycles. The van der Waals surface area contributed by atoms with Crippen LogP contribution in [-0.4, -0.2) is 18.6 Å². The van der Waals surface area contributed by atoms with Crippen molar-refractivity contribution in [3.05, 3.63) is 41.0 Å². The number of rotatable bonds is 5. The van der Waals surface area contributed by atoms with Crippen LogP contribution >= 0.6 is 11.3 Å². The third-order valence-corrected chi connectivity index (χ3v) is 3.81. The smallest absolute Gasteiger partial charge is 0.290 e. The highest BCUT2D eigenvalue weighted by Crippen LogP contribution is 2.28. The maximum absolute atomic E-state index is 10.3. The van der Waals surface area contributed by atoms with Crippen LogP contribution < -0.4 is 5.23 Å². The van der Waals surface area contributed by atoms with E-state index in [2.05, 4.69) is 34.5 Å². The van der Waals surface area contributed by atoms with Gasteiger partial charge in [0.1, 0.15) is 0 Å². The van der Waals surface area contributed by atoms with Crippen LogP contribution in [0.2, 0.25) is 0 Å². The summed E-state index contributed by atoms with van der Waals surface area (Å²) in [5.74, 6) is 0. The average Bonchev–Trinajstić information content (AvgIpc) is 2.82. The summed E-state index contributed by atoms with van der Waals surface area (Å²) in [7, 11) is 1.42. The van der Waals surface area contributed by atoms with Crippen LogP contribution in [0.15, 0.2) is 29.8 Å². The third kappa shape index (κ3) is 2.86. The van der Waals surface area contributed by atoms with Gasteiger partial charge in [0.25, 0.3) is 7.41 Å². The molecule has 0 aliphatic rings. The molecule has 1 atom stereocenters. The quantitative estimate of drug-likeness (QED) is 0.661. The molecule has 5 heteroatoms. The Morgan fingerprint density at radius 2 is 2.11 bits per heavy atom. The maximum Gasteiger partial charge on any atom is 0.290 e. The standard InChI is InChI=1S/C13H14BN2OS/c1-9(16-14-7-17)11-3-5-12(6-4-11)13-10(2)15-8-18-13/h3-9,16H,1-2H3/t9-/m0/s1. The Balaban J connectivity index is 2.15. The number of hydrogen-bond donors (Lipinski definition) is 1. The van der Waals surface area contributed by atoms with Crippen molar-refractivity contribution in [2.75, 3.05) is 0 Å². The molecule has 0 amide bonds. The van der Waals surface area contributed by atoms with Crippen molar-refractivity contribution in [2.24, 2.45) is 0 Å². The normalized spacial score (nSPS) is 12.1. The summed E-state index contributed by atoms with van der Waals surface area (Å²) in [4.78, 5) is 15.7. The van der Waals surface area contributed by atoms with E-state index in [1.54, 1.807) is 11.3 Å². The fourth-order valence-electron chi connectivity index (χ4n) is 1.78. The molecule has 3 nitrogen and oxygen atoms in total. The van der Waals surface area contributed by atoms with Gasteiger partial charge in [-0.2, -0.15) is 0 Å². The molecule has 0 spiro atoms. The molecule has 1 aromatic heterocycles. The van der Waals surface area contributed by atoms with E-state index in [9.17, 15) is 4.79 Å². The summed E-state index contributed by atoms with van der Waals surface area (Å²) < 4.78 is 0. The molecule has 1 radical (unpaired) electrons. The molecule has 0 unspecified atom stereocenters. The summed E-state index contributed by atoms with van der Waals surface area (Å²) in [6.45, 7) is 4.04. The number of nitrogens with zero attached hydrogens (tertiary/aromatic N) is 1. The van der Waals surface area contributed by atoms with Gasteiger partial charge in [0.05, 0.1) is 22.3 Å². The van der Waals surface area contributed by atoms with Crippen LogP contribution in [0.25, 0.3) is 10.4 Å². The number of aromatic nitrogens is 1. The predicted octanol–water partition coefficient (Wildman–Crippen LogP) is 2.58. The number of thiazole rings is 1. The first-order chi connectivity index (χ1) is 8.72. The number of benzene rings is 1. The SMILES string of the molecule is Cc1ncsc1-c1ccc([C@H](C)N[B]C=O)cc1. The summed E-state index contributed by atoms with van der Waals surface area (Å²) in [6.07, 6.45) is 0.756. The van der Waals surface area contributed by atoms with Crippen LogP contribution in [0.3, 0.4) is 0 Å². The first-order valence-corrected chi connectivity index (χ1v) is 6.64. The minimum Gasteiger partial charge on any atom is -0.348 e. The molecule has 1 heterocycles. The topological polar surface area (TPSA) is 42.0 Å². The molecule has 0 aliphatic heterocycles. The highest BCUT2D eigenvalue weighted by atomic mass is 32.1. The lowest BCUT2D eigenvalue weighted by Crippen LogP contribution is -2.23. The second kappa shape index (κ2) is 5.93. The maximum atomic E-state index is 10.3. The summed E-state index contributed by atoms with van der Waals surface area (Å²) >= 11 is 1.65. The summed E-state index contributed by atoms with van der Waals surface area (Å²) in [5.41, 5.74) is 5.26. The molecule has 91 valence electrons. The van der Waals surface area contributed by atoms with Gasteiger partial charge in [0.2, 0.25) is 0 Å². The molecule has 0 bridgehead atoms. The van der Waals surface area contributed by atoms with E-state index < -0.39 is 0 Å². The lowest BCUT2D eigenvalue weighted by molar-refractivity contribution is 0.567. The Kier molecular flexibility index (Phi) is 4.28. The van der Waals surface area contributed by atoms with Gasteiger partial charge in [-0.1, -0.05) is 24.3 Å². The zero-order valence-corrected chi connectivity index (χ0v) is 11.2. The van der Waals surface area contributed by atoms with E-state index >= 15 is 0 Å². The summed E-state index contributed by atoms with van der Waals surface area (Å²) in [5, 5.41) is 3.01. The van der Waals surface area contributed by atoms with E-state index in [0.717, 1.165) is 17.4 Å². The van der Waals surface area contributed by atoms with Crippen molar-refractivity contribution in [3.63, 3.8) is 0 Å². The lowest BCUT2D eigenvalue weighted by atomic mass is 9.94. The van der Waals surface area contributed by atoms with Gasteiger partial charge in [-0.3, -0.25) is 0 Å². The van der Waals surface area contributed by atoms with Crippen molar-refractivity contribution in [2.45, 2.75) is 19.9 Å². The van der Waals surface area contributed by atoms with E-state index in [1.807, 2.05) is 19.4 Å². The van der Waals surface area contributed by atoms with Gasteiger partial charge in [-0.15, -0.1) is 11.3 Å². The Bertz CT molecular complexity index is 524. The molecule has 0 fully saturated rings. The Morgan fingerprint density at radius 1 is 1.39 bits per heavy atom. The molecule has 18 heavy (non-hydrogen) atoms. The Morgan fingerprint density at radius 3 is 2.67 bits per heavy atom. The van der Waals surface area contributed by atoms with Crippen LogP contribution in [0.4, 0.5) is 0 Å². The van der Waals surface area contributed by atoms with Gasteiger partial charge < -0.3 is 10.0 Å². The van der Waals surface area contributed by atoms with E-state index in [4.69, 9.17) is 0 Å². The fourth-order valence-corrected chi connectivity index (χ4v) is 2.59. The van der Waals surface area contributed by atoms with Gasteiger partial charge in [0, 0.05) is 6.04 Å². The molecule has 0 aliphatic carbocycles. The van der Waals surface area contributed by atoms with Crippen LogP contribution in [0.5, 0.6) is 0 Å². The molecule has 2 rings (SSSR count). The van der Waals surface area contributed by atoms with E-state index in [-0.39, 0.29) is 6.04 Å². The second-order valence-electron chi connectivity index (χ2n) is 4.08. The van der Waals surface area contributed by atoms with Crippen LogP contribution in [0, 0.1) is 6.92 Å². The van der Waals surface area contributed by atoms with Gasteiger partial charge >= 0.3 is 0 Å². The van der Waals surface area contributed by atoms with Gasteiger partial charge in [0.15, 0.2) is 0 Å². The number of hydrogen-bond acceptors (Lipinski definition) is 4. The first kappa shape index (κ1) is 13.0. The van der Waals surface area contributed by atoms with Crippen molar-refractivity contribution in [3.8, 4) is 10.4 Å². The average molecular weight is 257 g/mol. The highest BCUT2D eigenvalue weighted by Gasteiger charge is 2.07. The molecular formula is C13H14BN2OS. The van der Waals surface area contributed by atoms with Crippen molar-refractivity contribution in [1.29, 1.82) is 0 Å². The zero-order chi connectivity index (χ0) is 13.0. The first-order valence-electron chi connectivity index (χ1n) is 5.76. The minimum absolute atomic E-state index is 0.131. The second-order valence-corrected chi connectivity index (χ2v) is 4.93. The molecular weight excluding hydrogens is 243 g/mol. The number of carbonyl (C=O) groups excluding carboxylic acids is 1. The van der Waals surface area contributed by atoms with Crippen molar-refractivity contribution < 1.29 is 4.79 Å². The minimum atomic E-state index is 0.131. The molecule has 0 saturated carbocycles. The van der Waals surface area contributed by atoms with E-state index in [1.165, 1.54) is 17.9 Å². The lowest BCUT2D eigenvalue weighted by Gasteiger charge is -2.12. The highest BCUT2D eigenvalue weighted by molar-refractivity contribution is 7.13. The van der Waals surface area contributed by atoms with Crippen LogP contribution in [-0.2, 0) is 4.79 Å². The Hall–Kier alpha value is -1.46. The zero-order valence-electron chi connectivity index (χ0n) is 10.4. The van der Waals surface area contributed by atoms with E-state index in [0.29, 0.717) is 0 Å². The fraction of sp³-hybridized carbons (Fsp3) is 0.231. The largest absolute Gasteiger partial charge is 0.348 e. The molecule has 1 aromatic carbocycles. The van der Waals surface area contributed by atoms with Gasteiger partial charge in [-0.05, 0) is 25.0 Å². The number of nitrogens with one attached hydrogen (secondary N) is 1. The predicted molar refractivity (Wildman–Crippen MR) is 76.3 cm³/mol. The monoisotopic (exact) mass is 257 g/mol. The molecule has 2 aromatic rings.